The highest BCUT2D eigenvalue weighted by Gasteiger charge is 2.39. The Morgan fingerprint density at radius 1 is 1.00 bits per heavy atom. The predicted molar refractivity (Wildman–Crippen MR) is 86.7 cm³/mol. The molecule has 0 aromatic heterocycles. The summed E-state index contributed by atoms with van der Waals surface area (Å²) in [6, 6.07) is 15.4. The number of amides is 2. The van der Waals surface area contributed by atoms with Gasteiger partial charge in [0.15, 0.2) is 0 Å². The van der Waals surface area contributed by atoms with Crippen molar-refractivity contribution in [3.63, 3.8) is 0 Å². The minimum atomic E-state index is -0.255. The van der Waals surface area contributed by atoms with Crippen molar-refractivity contribution >= 4 is 17.5 Å². The van der Waals surface area contributed by atoms with Gasteiger partial charge in [-0.15, -0.1) is 0 Å². The number of rotatable bonds is 3. The van der Waals surface area contributed by atoms with Crippen molar-refractivity contribution in [1.82, 2.24) is 0 Å². The van der Waals surface area contributed by atoms with Crippen LogP contribution in [0.2, 0.25) is 0 Å². The average Bonchev–Trinajstić information content (AvgIpc) is 2.78. The normalized spacial score (nSPS) is 18.1. The largest absolute Gasteiger partial charge is 0.274 e. The van der Waals surface area contributed by atoms with Gasteiger partial charge in [-0.2, -0.15) is 0 Å². The standard InChI is InChI=1S/C19H19NO2/c1-13-8-9-15(10-14(13)2)11-16-12-18(21)20(19(16)22)17-6-4-3-5-7-17/h3-10,16H,11-12H2,1-2H3. The van der Waals surface area contributed by atoms with Crippen LogP contribution in [0.1, 0.15) is 23.1 Å². The molecule has 0 bridgehead atoms. The molecular formula is C19H19NO2. The van der Waals surface area contributed by atoms with E-state index in [0.717, 1.165) is 5.56 Å². The number of para-hydroxylation sites is 1. The molecule has 112 valence electrons. The second-order valence-corrected chi connectivity index (χ2v) is 5.93. The van der Waals surface area contributed by atoms with Crippen LogP contribution in [0.15, 0.2) is 48.5 Å². The van der Waals surface area contributed by atoms with E-state index in [2.05, 4.69) is 26.0 Å². The van der Waals surface area contributed by atoms with E-state index in [1.165, 1.54) is 16.0 Å². The lowest BCUT2D eigenvalue weighted by atomic mass is 9.95. The number of hydrogen-bond donors (Lipinski definition) is 0. The molecule has 1 saturated heterocycles. The molecule has 1 aliphatic heterocycles. The lowest BCUT2D eigenvalue weighted by Crippen LogP contribution is -2.30. The lowest BCUT2D eigenvalue weighted by molar-refractivity contribution is -0.122. The minimum Gasteiger partial charge on any atom is -0.274 e. The maximum Gasteiger partial charge on any atom is 0.237 e. The summed E-state index contributed by atoms with van der Waals surface area (Å²) >= 11 is 0. The van der Waals surface area contributed by atoms with Crippen molar-refractivity contribution in [2.24, 2.45) is 5.92 Å². The summed E-state index contributed by atoms with van der Waals surface area (Å²) in [6.45, 7) is 4.14. The molecule has 1 fully saturated rings. The monoisotopic (exact) mass is 293 g/mol. The predicted octanol–water partition coefficient (Wildman–Crippen LogP) is 3.43. The van der Waals surface area contributed by atoms with Crippen LogP contribution in [0.25, 0.3) is 0 Å². The second-order valence-electron chi connectivity index (χ2n) is 5.93. The van der Waals surface area contributed by atoms with E-state index in [0.29, 0.717) is 18.5 Å². The summed E-state index contributed by atoms with van der Waals surface area (Å²) in [5, 5.41) is 0. The Hall–Kier alpha value is -2.42. The number of aryl methyl sites for hydroxylation is 2. The van der Waals surface area contributed by atoms with Crippen molar-refractivity contribution in [3.8, 4) is 0 Å². The van der Waals surface area contributed by atoms with E-state index in [-0.39, 0.29) is 17.7 Å². The molecule has 2 aromatic carbocycles. The van der Waals surface area contributed by atoms with Crippen molar-refractivity contribution in [3.05, 3.63) is 65.2 Å². The zero-order chi connectivity index (χ0) is 15.7. The quantitative estimate of drug-likeness (QED) is 0.813. The molecule has 0 spiro atoms. The molecule has 0 N–H and O–H groups in total. The molecule has 1 aliphatic rings. The fourth-order valence-corrected chi connectivity index (χ4v) is 2.92. The van der Waals surface area contributed by atoms with E-state index in [4.69, 9.17) is 0 Å². The molecule has 3 rings (SSSR count). The number of carbonyl (C=O) groups excluding carboxylic acids is 2. The van der Waals surface area contributed by atoms with Crippen LogP contribution in [-0.4, -0.2) is 11.8 Å². The summed E-state index contributed by atoms with van der Waals surface area (Å²) in [4.78, 5) is 26.1. The van der Waals surface area contributed by atoms with Gasteiger partial charge >= 0.3 is 0 Å². The van der Waals surface area contributed by atoms with Crippen LogP contribution in [0.4, 0.5) is 5.69 Å². The number of anilines is 1. The molecule has 3 heteroatoms. The van der Waals surface area contributed by atoms with Crippen molar-refractivity contribution in [2.75, 3.05) is 4.90 Å². The fraction of sp³-hybridized carbons (Fsp3) is 0.263. The Labute approximate surface area is 130 Å². The molecule has 1 heterocycles. The highest BCUT2D eigenvalue weighted by atomic mass is 16.2. The number of carbonyl (C=O) groups is 2. The van der Waals surface area contributed by atoms with Crippen LogP contribution in [-0.2, 0) is 16.0 Å². The van der Waals surface area contributed by atoms with Crippen molar-refractivity contribution in [2.45, 2.75) is 26.7 Å². The smallest absolute Gasteiger partial charge is 0.237 e. The maximum atomic E-state index is 12.6. The third-order valence-electron chi connectivity index (χ3n) is 4.31. The molecule has 22 heavy (non-hydrogen) atoms. The van der Waals surface area contributed by atoms with Gasteiger partial charge < -0.3 is 0 Å². The van der Waals surface area contributed by atoms with Gasteiger partial charge in [0, 0.05) is 6.42 Å². The second kappa shape index (κ2) is 5.76. The lowest BCUT2D eigenvalue weighted by Gasteiger charge is -2.15. The Balaban J connectivity index is 1.80. The van der Waals surface area contributed by atoms with Crippen LogP contribution in [0.5, 0.6) is 0 Å². The van der Waals surface area contributed by atoms with Crippen LogP contribution in [0, 0.1) is 19.8 Å². The van der Waals surface area contributed by atoms with Crippen molar-refractivity contribution in [1.29, 1.82) is 0 Å². The van der Waals surface area contributed by atoms with Gasteiger partial charge in [0.1, 0.15) is 0 Å². The Kier molecular flexibility index (Phi) is 3.80. The average molecular weight is 293 g/mol. The zero-order valence-corrected chi connectivity index (χ0v) is 12.9. The van der Waals surface area contributed by atoms with Gasteiger partial charge in [-0.05, 0) is 49.1 Å². The first-order valence-corrected chi connectivity index (χ1v) is 7.54. The Bertz CT molecular complexity index is 721. The fourth-order valence-electron chi connectivity index (χ4n) is 2.92. The zero-order valence-electron chi connectivity index (χ0n) is 12.9. The van der Waals surface area contributed by atoms with Crippen LogP contribution in [0.3, 0.4) is 0 Å². The van der Waals surface area contributed by atoms with Crippen LogP contribution < -0.4 is 4.90 Å². The number of benzene rings is 2. The first kappa shape index (κ1) is 14.5. The third-order valence-corrected chi connectivity index (χ3v) is 4.31. The Morgan fingerprint density at radius 3 is 2.41 bits per heavy atom. The first-order valence-electron chi connectivity index (χ1n) is 7.54. The third kappa shape index (κ3) is 2.67. The number of imide groups is 1. The van der Waals surface area contributed by atoms with E-state index in [1.807, 2.05) is 24.3 Å². The van der Waals surface area contributed by atoms with Gasteiger partial charge in [0.25, 0.3) is 0 Å². The van der Waals surface area contributed by atoms with E-state index >= 15 is 0 Å². The molecule has 2 aromatic rings. The van der Waals surface area contributed by atoms with Gasteiger partial charge in [-0.1, -0.05) is 36.4 Å². The molecular weight excluding hydrogens is 274 g/mol. The molecule has 1 atom stereocenters. The Morgan fingerprint density at radius 2 is 1.73 bits per heavy atom. The first-order chi connectivity index (χ1) is 10.6. The van der Waals surface area contributed by atoms with Gasteiger partial charge in [0.05, 0.1) is 11.6 Å². The molecule has 2 amide bonds. The summed E-state index contributed by atoms with van der Waals surface area (Å²) in [5.41, 5.74) is 4.24. The SMILES string of the molecule is Cc1ccc(CC2CC(=O)N(c3ccccc3)C2=O)cc1C. The van der Waals surface area contributed by atoms with Crippen molar-refractivity contribution < 1.29 is 9.59 Å². The number of nitrogens with zero attached hydrogens (tertiary/aromatic N) is 1. The van der Waals surface area contributed by atoms with Gasteiger partial charge in [-0.3, -0.25) is 14.5 Å². The maximum absolute atomic E-state index is 12.6. The molecule has 0 radical (unpaired) electrons. The molecule has 0 aliphatic carbocycles. The topological polar surface area (TPSA) is 37.4 Å². The van der Waals surface area contributed by atoms with Gasteiger partial charge in [-0.25, -0.2) is 0 Å². The highest BCUT2D eigenvalue weighted by Crippen LogP contribution is 2.28. The molecule has 1 unspecified atom stereocenters. The highest BCUT2D eigenvalue weighted by molar-refractivity contribution is 6.20. The summed E-state index contributed by atoms with van der Waals surface area (Å²) in [5.74, 6) is -0.450. The number of hydrogen-bond acceptors (Lipinski definition) is 2. The van der Waals surface area contributed by atoms with Gasteiger partial charge in [0.2, 0.25) is 11.8 Å². The van der Waals surface area contributed by atoms with E-state index in [9.17, 15) is 9.59 Å². The van der Waals surface area contributed by atoms with E-state index < -0.39 is 0 Å². The molecule has 3 nitrogen and oxygen atoms in total. The summed E-state index contributed by atoms with van der Waals surface area (Å²) < 4.78 is 0. The van der Waals surface area contributed by atoms with E-state index in [1.54, 1.807) is 12.1 Å². The summed E-state index contributed by atoms with van der Waals surface area (Å²) in [6.07, 6.45) is 0.912. The van der Waals surface area contributed by atoms with Crippen LogP contribution >= 0.6 is 0 Å². The molecule has 0 saturated carbocycles. The minimum absolute atomic E-state index is 0.0885. The summed E-state index contributed by atoms with van der Waals surface area (Å²) in [7, 11) is 0.